The molecule has 0 bridgehead atoms. The Balaban J connectivity index is 3.54. The zero-order valence-corrected chi connectivity index (χ0v) is 9.17. The maximum atomic E-state index is 11.0. The van der Waals surface area contributed by atoms with Crippen LogP contribution in [0.3, 0.4) is 0 Å². The molecule has 5 nitrogen and oxygen atoms in total. The quantitative estimate of drug-likeness (QED) is 0.416. The van der Waals surface area contributed by atoms with Crippen LogP contribution in [0.1, 0.15) is 20.3 Å². The van der Waals surface area contributed by atoms with Crippen LogP contribution in [0.25, 0.3) is 0 Å². The Bertz CT molecular complexity index is 249. The lowest BCUT2D eigenvalue weighted by atomic mass is 10.3. The van der Waals surface area contributed by atoms with Gasteiger partial charge in [-0.15, -0.1) is 0 Å². The monoisotopic (exact) mass is 214 g/mol. The predicted octanol–water partition coefficient (Wildman–Crippen LogP) is 0.133. The number of nitrogens with one attached hydrogen (secondary N) is 2. The van der Waals surface area contributed by atoms with E-state index in [-0.39, 0.29) is 5.91 Å². The number of rotatable bonds is 7. The van der Waals surface area contributed by atoms with Crippen molar-refractivity contribution in [1.82, 2.24) is 10.6 Å². The molecule has 0 spiro atoms. The highest BCUT2D eigenvalue weighted by Gasteiger charge is 1.98. The molecule has 0 aliphatic rings. The summed E-state index contributed by atoms with van der Waals surface area (Å²) in [6.45, 7) is 5.28. The lowest BCUT2D eigenvalue weighted by Gasteiger charge is -2.04. The Kier molecular flexibility index (Phi) is 7.27. The maximum Gasteiger partial charge on any atom is 0.328 e. The Morgan fingerprint density at radius 3 is 2.60 bits per heavy atom. The number of carboxylic acids is 1. The van der Waals surface area contributed by atoms with Crippen molar-refractivity contribution in [3.63, 3.8) is 0 Å². The number of carbonyl (C=O) groups excluding carboxylic acids is 1. The first kappa shape index (κ1) is 13.6. The molecule has 0 heterocycles. The standard InChI is InChI=1S/C10H18N2O3/c1-3-12-9(13)4-5-11-7-8(2)6-10(14)15/h6,11H,3-5,7H2,1-2H3,(H,12,13)(H,14,15). The molecule has 0 rings (SSSR count). The maximum absolute atomic E-state index is 11.0. The number of amides is 1. The van der Waals surface area contributed by atoms with Crippen molar-refractivity contribution in [3.05, 3.63) is 11.6 Å². The first-order valence-corrected chi connectivity index (χ1v) is 4.93. The van der Waals surface area contributed by atoms with Gasteiger partial charge in [0.1, 0.15) is 0 Å². The molecule has 3 N–H and O–H groups in total. The third-order valence-electron chi connectivity index (χ3n) is 1.68. The molecule has 0 aromatic rings. The van der Waals surface area contributed by atoms with Crippen LogP contribution >= 0.6 is 0 Å². The second-order valence-corrected chi connectivity index (χ2v) is 3.21. The fraction of sp³-hybridized carbons (Fsp3) is 0.600. The van der Waals surface area contributed by atoms with E-state index in [1.165, 1.54) is 0 Å². The average molecular weight is 214 g/mol. The van der Waals surface area contributed by atoms with Crippen LogP contribution in [0.15, 0.2) is 11.6 Å². The van der Waals surface area contributed by atoms with Crippen molar-refractivity contribution in [3.8, 4) is 0 Å². The number of hydrogen-bond acceptors (Lipinski definition) is 3. The highest BCUT2D eigenvalue weighted by Crippen LogP contribution is 1.89. The number of hydrogen-bond donors (Lipinski definition) is 3. The second-order valence-electron chi connectivity index (χ2n) is 3.21. The van der Waals surface area contributed by atoms with E-state index >= 15 is 0 Å². The van der Waals surface area contributed by atoms with Crippen molar-refractivity contribution >= 4 is 11.9 Å². The Morgan fingerprint density at radius 2 is 2.07 bits per heavy atom. The summed E-state index contributed by atoms with van der Waals surface area (Å²) in [5.41, 5.74) is 0.735. The summed E-state index contributed by atoms with van der Waals surface area (Å²) < 4.78 is 0. The van der Waals surface area contributed by atoms with Gasteiger partial charge in [0.2, 0.25) is 5.91 Å². The van der Waals surface area contributed by atoms with Crippen molar-refractivity contribution in [2.24, 2.45) is 0 Å². The molecule has 0 saturated heterocycles. The highest BCUT2D eigenvalue weighted by atomic mass is 16.4. The van der Waals surface area contributed by atoms with Gasteiger partial charge in [0.05, 0.1) is 0 Å². The van der Waals surface area contributed by atoms with Crippen molar-refractivity contribution in [2.75, 3.05) is 19.6 Å². The topological polar surface area (TPSA) is 78.4 Å². The summed E-state index contributed by atoms with van der Waals surface area (Å²) in [4.78, 5) is 21.3. The van der Waals surface area contributed by atoms with E-state index < -0.39 is 5.97 Å². The third kappa shape index (κ3) is 8.96. The van der Waals surface area contributed by atoms with Crippen LogP contribution in [0.2, 0.25) is 0 Å². The van der Waals surface area contributed by atoms with Crippen LogP contribution in [-0.4, -0.2) is 36.6 Å². The van der Waals surface area contributed by atoms with Gasteiger partial charge in [-0.25, -0.2) is 4.79 Å². The average Bonchev–Trinajstić information content (AvgIpc) is 2.12. The molecule has 15 heavy (non-hydrogen) atoms. The summed E-state index contributed by atoms with van der Waals surface area (Å²) in [6, 6.07) is 0. The van der Waals surface area contributed by atoms with E-state index in [0.717, 1.165) is 11.6 Å². The molecule has 5 heteroatoms. The molecule has 86 valence electrons. The zero-order valence-electron chi connectivity index (χ0n) is 9.17. The van der Waals surface area contributed by atoms with E-state index in [1.807, 2.05) is 6.92 Å². The summed E-state index contributed by atoms with van der Waals surface area (Å²) in [7, 11) is 0. The first-order valence-electron chi connectivity index (χ1n) is 4.93. The van der Waals surface area contributed by atoms with Gasteiger partial charge in [-0.3, -0.25) is 4.79 Å². The smallest absolute Gasteiger partial charge is 0.328 e. The number of aliphatic carboxylic acids is 1. The molecule has 1 amide bonds. The van der Waals surface area contributed by atoms with Gasteiger partial charge >= 0.3 is 5.97 Å². The Hall–Kier alpha value is -1.36. The molecule has 0 aromatic heterocycles. The van der Waals surface area contributed by atoms with Gasteiger partial charge in [-0.1, -0.05) is 5.57 Å². The normalized spacial score (nSPS) is 11.2. The minimum atomic E-state index is -0.946. The molecule has 0 saturated carbocycles. The molecule has 0 radical (unpaired) electrons. The van der Waals surface area contributed by atoms with E-state index in [1.54, 1.807) is 6.92 Å². The largest absolute Gasteiger partial charge is 0.478 e. The van der Waals surface area contributed by atoms with Crippen molar-refractivity contribution in [1.29, 1.82) is 0 Å². The van der Waals surface area contributed by atoms with Crippen LogP contribution < -0.4 is 10.6 Å². The van der Waals surface area contributed by atoms with Gasteiger partial charge in [0, 0.05) is 32.1 Å². The van der Waals surface area contributed by atoms with Crippen molar-refractivity contribution < 1.29 is 14.7 Å². The van der Waals surface area contributed by atoms with Gasteiger partial charge in [0.25, 0.3) is 0 Å². The molecule has 0 aliphatic carbocycles. The second kappa shape index (κ2) is 7.99. The molecule has 0 atom stereocenters. The Labute approximate surface area is 89.6 Å². The summed E-state index contributed by atoms with van der Waals surface area (Å²) in [5, 5.41) is 14.1. The van der Waals surface area contributed by atoms with E-state index in [4.69, 9.17) is 5.11 Å². The van der Waals surface area contributed by atoms with Crippen molar-refractivity contribution in [2.45, 2.75) is 20.3 Å². The summed E-state index contributed by atoms with van der Waals surface area (Å²) in [6.07, 6.45) is 1.56. The minimum absolute atomic E-state index is 0.00451. The minimum Gasteiger partial charge on any atom is -0.478 e. The molecule has 0 fully saturated rings. The third-order valence-corrected chi connectivity index (χ3v) is 1.68. The summed E-state index contributed by atoms with van der Waals surface area (Å²) >= 11 is 0. The van der Waals surface area contributed by atoms with Crippen LogP contribution in [-0.2, 0) is 9.59 Å². The van der Waals surface area contributed by atoms with E-state index in [0.29, 0.717) is 26.1 Å². The van der Waals surface area contributed by atoms with Crippen LogP contribution in [0.4, 0.5) is 0 Å². The van der Waals surface area contributed by atoms with Gasteiger partial charge < -0.3 is 15.7 Å². The van der Waals surface area contributed by atoms with E-state index in [9.17, 15) is 9.59 Å². The van der Waals surface area contributed by atoms with Crippen LogP contribution in [0.5, 0.6) is 0 Å². The van der Waals surface area contributed by atoms with Crippen LogP contribution in [0, 0.1) is 0 Å². The molecular weight excluding hydrogens is 196 g/mol. The summed E-state index contributed by atoms with van der Waals surface area (Å²) in [5.74, 6) is -0.942. The molecule has 0 unspecified atom stereocenters. The zero-order chi connectivity index (χ0) is 11.7. The molecule has 0 aliphatic heterocycles. The highest BCUT2D eigenvalue weighted by molar-refractivity contribution is 5.80. The van der Waals surface area contributed by atoms with Gasteiger partial charge in [-0.2, -0.15) is 0 Å². The Morgan fingerprint density at radius 1 is 1.40 bits per heavy atom. The number of carbonyl (C=O) groups is 2. The lowest BCUT2D eigenvalue weighted by Crippen LogP contribution is -2.28. The van der Waals surface area contributed by atoms with E-state index in [2.05, 4.69) is 10.6 Å². The SMILES string of the molecule is CCNC(=O)CCNCC(C)=CC(=O)O. The molecular formula is C10H18N2O3. The number of carboxylic acid groups (broad SMARTS) is 1. The lowest BCUT2D eigenvalue weighted by molar-refractivity contribution is -0.131. The fourth-order valence-electron chi connectivity index (χ4n) is 1.03. The first-order chi connectivity index (χ1) is 7.06. The van der Waals surface area contributed by atoms with Gasteiger partial charge in [-0.05, 0) is 13.8 Å². The van der Waals surface area contributed by atoms with Gasteiger partial charge in [0.15, 0.2) is 0 Å². The predicted molar refractivity (Wildman–Crippen MR) is 57.6 cm³/mol. The molecule has 0 aromatic carbocycles. The fourth-order valence-corrected chi connectivity index (χ4v) is 1.03.